The van der Waals surface area contributed by atoms with Gasteiger partial charge in [0.05, 0.1) is 27.6 Å². The number of rotatable bonds is 1. The van der Waals surface area contributed by atoms with Crippen LogP contribution < -0.4 is 0 Å². The molecule has 0 aliphatic carbocycles. The van der Waals surface area contributed by atoms with Gasteiger partial charge in [-0.25, -0.2) is 4.98 Å². The minimum absolute atomic E-state index is 0.904. The molecule has 0 fully saturated rings. The Kier molecular flexibility index (Phi) is 3.58. The van der Waals surface area contributed by atoms with E-state index in [0.717, 1.165) is 15.9 Å². The molecule has 13 heavy (non-hydrogen) atoms. The Morgan fingerprint density at radius 3 is 2.85 bits per heavy atom. The van der Waals surface area contributed by atoms with Gasteiger partial charge in [0, 0.05) is 0 Å². The van der Waals surface area contributed by atoms with Crippen molar-refractivity contribution in [2.24, 2.45) is 0 Å². The second kappa shape index (κ2) is 4.72. The normalized spacial score (nSPS) is 9.08. The molecular formula is C10H12N2S. The van der Waals surface area contributed by atoms with Crippen LogP contribution in [0.25, 0.3) is 16.3 Å². The quantitative estimate of drug-likeness (QED) is 0.692. The molecule has 0 N–H and O–H groups in total. The van der Waals surface area contributed by atoms with Gasteiger partial charge in [0.1, 0.15) is 0 Å². The van der Waals surface area contributed by atoms with E-state index in [1.54, 1.807) is 23.6 Å². The predicted molar refractivity (Wildman–Crippen MR) is 58.9 cm³/mol. The summed E-state index contributed by atoms with van der Waals surface area (Å²) >= 11 is 1.62. The van der Waals surface area contributed by atoms with E-state index in [1.807, 2.05) is 25.4 Å². The van der Waals surface area contributed by atoms with Gasteiger partial charge in [-0.3, -0.25) is 4.98 Å². The van der Waals surface area contributed by atoms with Crippen LogP contribution in [0.15, 0.2) is 24.4 Å². The molecular weight excluding hydrogens is 180 g/mol. The largest absolute Gasteiger partial charge is 0.255 e. The van der Waals surface area contributed by atoms with E-state index in [4.69, 9.17) is 0 Å². The van der Waals surface area contributed by atoms with Gasteiger partial charge in [-0.1, -0.05) is 20.4 Å². The maximum Gasteiger partial charge on any atom is 0.0995 e. The topological polar surface area (TPSA) is 25.8 Å². The summed E-state index contributed by atoms with van der Waals surface area (Å²) in [4.78, 5) is 8.24. The van der Waals surface area contributed by atoms with E-state index < -0.39 is 0 Å². The monoisotopic (exact) mass is 192 g/mol. The fourth-order valence-electron chi connectivity index (χ4n) is 0.888. The molecule has 68 valence electrons. The number of pyridine rings is 1. The average molecular weight is 192 g/mol. The summed E-state index contributed by atoms with van der Waals surface area (Å²) in [5, 5.41) is 0. The first-order valence-electron chi connectivity index (χ1n) is 4.22. The number of hydrogen-bond donors (Lipinski definition) is 0. The maximum atomic E-state index is 4.12. The minimum atomic E-state index is 0.904. The molecule has 0 spiro atoms. The first kappa shape index (κ1) is 9.86. The van der Waals surface area contributed by atoms with Crippen LogP contribution in [-0.4, -0.2) is 9.97 Å². The van der Waals surface area contributed by atoms with Crippen molar-refractivity contribution in [2.75, 3.05) is 0 Å². The Balaban J connectivity index is 0.000000396. The zero-order chi connectivity index (χ0) is 9.68. The van der Waals surface area contributed by atoms with Gasteiger partial charge in [0.25, 0.3) is 0 Å². The van der Waals surface area contributed by atoms with E-state index in [2.05, 4.69) is 16.5 Å². The van der Waals surface area contributed by atoms with Crippen molar-refractivity contribution < 1.29 is 0 Å². The summed E-state index contributed by atoms with van der Waals surface area (Å²) in [5.41, 5.74) is 3.68. The smallest absolute Gasteiger partial charge is 0.0995 e. The number of fused-ring (bicyclic) bond motifs is 1. The van der Waals surface area contributed by atoms with Crippen LogP contribution in [0, 0.1) is 0 Å². The lowest BCUT2D eigenvalue weighted by Gasteiger charge is -1.89. The van der Waals surface area contributed by atoms with Crippen molar-refractivity contribution in [1.82, 2.24) is 9.97 Å². The van der Waals surface area contributed by atoms with E-state index in [0.29, 0.717) is 0 Å². The molecule has 0 saturated carbocycles. The molecule has 2 heterocycles. The zero-order valence-electron chi connectivity index (χ0n) is 7.82. The highest BCUT2D eigenvalue weighted by Crippen LogP contribution is 2.17. The highest BCUT2D eigenvalue weighted by Gasteiger charge is 1.95. The number of nitrogens with zero attached hydrogens (tertiary/aromatic N) is 2. The molecule has 2 aromatic heterocycles. The third-order valence-electron chi connectivity index (χ3n) is 1.45. The van der Waals surface area contributed by atoms with Crippen LogP contribution in [0.3, 0.4) is 0 Å². The summed E-state index contributed by atoms with van der Waals surface area (Å²) in [7, 11) is 0. The standard InChI is InChI=1S/C8H6N2S.C2H6/c1-2-6-3-8-7(4-9-6)10-5-11-8;1-2/h2-5H,1H2;1-2H3. The molecule has 2 aromatic rings. The Morgan fingerprint density at radius 2 is 2.15 bits per heavy atom. The Hall–Kier alpha value is -1.22. The summed E-state index contributed by atoms with van der Waals surface area (Å²) < 4.78 is 1.16. The molecule has 0 aromatic carbocycles. The summed E-state index contributed by atoms with van der Waals surface area (Å²) in [6.45, 7) is 7.64. The van der Waals surface area contributed by atoms with Gasteiger partial charge < -0.3 is 0 Å². The van der Waals surface area contributed by atoms with Gasteiger partial charge in [0.2, 0.25) is 0 Å². The predicted octanol–water partition coefficient (Wildman–Crippen LogP) is 3.36. The highest BCUT2D eigenvalue weighted by molar-refractivity contribution is 7.16. The van der Waals surface area contributed by atoms with Crippen LogP contribution >= 0.6 is 11.3 Å². The van der Waals surface area contributed by atoms with Crippen molar-refractivity contribution in [1.29, 1.82) is 0 Å². The second-order valence-corrected chi connectivity index (χ2v) is 3.02. The first-order valence-corrected chi connectivity index (χ1v) is 5.10. The summed E-state index contributed by atoms with van der Waals surface area (Å²) in [5.74, 6) is 0. The molecule has 0 bridgehead atoms. The fourth-order valence-corrected chi connectivity index (χ4v) is 1.58. The van der Waals surface area contributed by atoms with Crippen LogP contribution in [0.5, 0.6) is 0 Å². The van der Waals surface area contributed by atoms with Crippen LogP contribution in [0.4, 0.5) is 0 Å². The third kappa shape index (κ3) is 2.12. The molecule has 0 unspecified atom stereocenters. The van der Waals surface area contributed by atoms with Crippen molar-refractivity contribution in [3.63, 3.8) is 0 Å². The van der Waals surface area contributed by atoms with Crippen molar-refractivity contribution in [2.45, 2.75) is 13.8 Å². The van der Waals surface area contributed by atoms with E-state index in [1.165, 1.54) is 0 Å². The van der Waals surface area contributed by atoms with Gasteiger partial charge in [0.15, 0.2) is 0 Å². The summed E-state index contributed by atoms with van der Waals surface area (Å²) in [6.07, 6.45) is 3.50. The van der Waals surface area contributed by atoms with Crippen molar-refractivity contribution >= 4 is 27.6 Å². The molecule has 0 aliphatic heterocycles. The van der Waals surface area contributed by atoms with E-state index in [9.17, 15) is 0 Å². The van der Waals surface area contributed by atoms with Crippen molar-refractivity contribution in [3.8, 4) is 0 Å². The lowest BCUT2D eigenvalue weighted by molar-refractivity contribution is 1.31. The van der Waals surface area contributed by atoms with Crippen LogP contribution in [0.2, 0.25) is 0 Å². The Labute approximate surface area is 82.0 Å². The van der Waals surface area contributed by atoms with Gasteiger partial charge in [-0.15, -0.1) is 11.3 Å². The first-order chi connectivity index (χ1) is 6.40. The molecule has 0 aliphatic rings. The van der Waals surface area contributed by atoms with Gasteiger partial charge in [-0.05, 0) is 12.1 Å². The fraction of sp³-hybridized carbons (Fsp3) is 0.200. The molecule has 0 amide bonds. The molecule has 2 rings (SSSR count). The number of aromatic nitrogens is 2. The highest BCUT2D eigenvalue weighted by atomic mass is 32.1. The summed E-state index contributed by atoms with van der Waals surface area (Å²) in [6, 6.07) is 1.99. The third-order valence-corrected chi connectivity index (χ3v) is 2.24. The number of hydrogen-bond acceptors (Lipinski definition) is 3. The zero-order valence-corrected chi connectivity index (χ0v) is 8.64. The molecule has 0 radical (unpaired) electrons. The minimum Gasteiger partial charge on any atom is -0.255 e. The lowest BCUT2D eigenvalue weighted by atomic mass is 10.3. The van der Waals surface area contributed by atoms with Crippen LogP contribution in [0.1, 0.15) is 19.5 Å². The second-order valence-electron chi connectivity index (χ2n) is 2.13. The number of thiazole rings is 1. The SMILES string of the molecule is C=Cc1cc2scnc2cn1.CC. The molecule has 0 atom stereocenters. The Morgan fingerprint density at radius 1 is 1.38 bits per heavy atom. The van der Waals surface area contributed by atoms with Gasteiger partial charge in [-0.2, -0.15) is 0 Å². The molecule has 3 heteroatoms. The lowest BCUT2D eigenvalue weighted by Crippen LogP contribution is -1.77. The average Bonchev–Trinajstić information content (AvgIpc) is 2.67. The van der Waals surface area contributed by atoms with Crippen molar-refractivity contribution in [3.05, 3.63) is 30.0 Å². The van der Waals surface area contributed by atoms with E-state index >= 15 is 0 Å². The molecule has 2 nitrogen and oxygen atoms in total. The maximum absolute atomic E-state index is 4.12. The van der Waals surface area contributed by atoms with Crippen LogP contribution in [-0.2, 0) is 0 Å². The van der Waals surface area contributed by atoms with E-state index in [-0.39, 0.29) is 0 Å². The van der Waals surface area contributed by atoms with Gasteiger partial charge >= 0.3 is 0 Å². The molecule has 0 saturated heterocycles. The Bertz CT molecular complexity index is 392.